The Labute approximate surface area is 114 Å². The predicted octanol–water partition coefficient (Wildman–Crippen LogP) is 2.71. The summed E-state index contributed by atoms with van der Waals surface area (Å²) in [7, 11) is 0. The van der Waals surface area contributed by atoms with E-state index in [9.17, 15) is 9.59 Å². The highest BCUT2D eigenvalue weighted by Crippen LogP contribution is 2.37. The number of thiophene rings is 1. The molecule has 100 valence electrons. The van der Waals surface area contributed by atoms with Crippen LogP contribution in [0.3, 0.4) is 0 Å². The Kier molecular flexibility index (Phi) is 3.80. The molecule has 2 aromatic rings. The van der Waals surface area contributed by atoms with Crippen molar-refractivity contribution in [3.63, 3.8) is 0 Å². The van der Waals surface area contributed by atoms with Gasteiger partial charge in [0.2, 0.25) is 0 Å². The van der Waals surface area contributed by atoms with Gasteiger partial charge in [-0.3, -0.25) is 4.79 Å². The third-order valence-corrected chi connectivity index (χ3v) is 3.42. The molecule has 0 amide bonds. The van der Waals surface area contributed by atoms with Crippen LogP contribution < -0.4 is 4.74 Å². The maximum atomic E-state index is 11.9. The van der Waals surface area contributed by atoms with Gasteiger partial charge in [0.25, 0.3) is 0 Å². The van der Waals surface area contributed by atoms with Gasteiger partial charge in [0, 0.05) is 12.6 Å². The molecule has 0 spiro atoms. The SMILES string of the molecule is CCOC(=O)c1sc2nc(C)ccc2c1OC(C)=O. The zero-order valence-electron chi connectivity index (χ0n) is 10.9. The number of hydrogen-bond donors (Lipinski definition) is 0. The average molecular weight is 279 g/mol. The van der Waals surface area contributed by atoms with Crippen molar-refractivity contribution in [2.24, 2.45) is 0 Å². The molecular formula is C13H13NO4S. The monoisotopic (exact) mass is 279 g/mol. The number of hydrogen-bond acceptors (Lipinski definition) is 6. The summed E-state index contributed by atoms with van der Waals surface area (Å²) in [5.74, 6) is -0.747. The summed E-state index contributed by atoms with van der Waals surface area (Å²) < 4.78 is 10.1. The summed E-state index contributed by atoms with van der Waals surface area (Å²) >= 11 is 1.17. The minimum atomic E-state index is -0.501. The number of nitrogens with zero attached hydrogens (tertiary/aromatic N) is 1. The van der Waals surface area contributed by atoms with Crippen LogP contribution in [0.5, 0.6) is 5.75 Å². The average Bonchev–Trinajstić information content (AvgIpc) is 2.67. The van der Waals surface area contributed by atoms with Gasteiger partial charge in [0.05, 0.1) is 12.0 Å². The second kappa shape index (κ2) is 5.36. The summed E-state index contributed by atoms with van der Waals surface area (Å²) in [5, 5.41) is 0.647. The van der Waals surface area contributed by atoms with E-state index in [-0.39, 0.29) is 17.2 Å². The molecule has 0 aliphatic rings. The molecule has 0 radical (unpaired) electrons. The summed E-state index contributed by atoms with van der Waals surface area (Å²) in [4.78, 5) is 28.3. The maximum Gasteiger partial charge on any atom is 0.352 e. The topological polar surface area (TPSA) is 65.5 Å². The van der Waals surface area contributed by atoms with Crippen LogP contribution >= 0.6 is 11.3 Å². The number of carbonyl (C=O) groups is 2. The number of aryl methyl sites for hydroxylation is 1. The molecule has 0 bridgehead atoms. The third kappa shape index (κ3) is 2.73. The van der Waals surface area contributed by atoms with Crippen LogP contribution in [0, 0.1) is 6.92 Å². The van der Waals surface area contributed by atoms with Gasteiger partial charge in [-0.2, -0.15) is 0 Å². The first-order valence-corrected chi connectivity index (χ1v) is 6.60. The van der Waals surface area contributed by atoms with Crippen molar-refractivity contribution in [1.82, 2.24) is 4.98 Å². The largest absolute Gasteiger partial charge is 0.462 e. The molecule has 19 heavy (non-hydrogen) atoms. The fourth-order valence-electron chi connectivity index (χ4n) is 1.62. The van der Waals surface area contributed by atoms with E-state index in [1.807, 2.05) is 6.92 Å². The Morgan fingerprint density at radius 1 is 1.37 bits per heavy atom. The van der Waals surface area contributed by atoms with E-state index < -0.39 is 11.9 Å². The molecule has 0 saturated carbocycles. The van der Waals surface area contributed by atoms with Gasteiger partial charge in [-0.05, 0) is 26.0 Å². The van der Waals surface area contributed by atoms with Crippen molar-refractivity contribution in [2.45, 2.75) is 20.8 Å². The minimum Gasteiger partial charge on any atom is -0.462 e. The van der Waals surface area contributed by atoms with Crippen LogP contribution in [0.15, 0.2) is 12.1 Å². The van der Waals surface area contributed by atoms with Gasteiger partial charge >= 0.3 is 11.9 Å². The van der Waals surface area contributed by atoms with Crippen molar-refractivity contribution < 1.29 is 19.1 Å². The standard InChI is InChI=1S/C13H13NO4S/c1-4-17-13(16)11-10(18-8(3)15)9-6-5-7(2)14-12(9)19-11/h5-6H,4H2,1-3H3. The van der Waals surface area contributed by atoms with Crippen LogP contribution in [0.4, 0.5) is 0 Å². The van der Waals surface area contributed by atoms with Gasteiger partial charge in [-0.15, -0.1) is 11.3 Å². The Balaban J connectivity index is 2.60. The second-order valence-corrected chi connectivity index (χ2v) is 4.88. The summed E-state index contributed by atoms with van der Waals surface area (Å²) in [6.45, 7) is 5.13. The first-order chi connectivity index (χ1) is 9.02. The highest BCUT2D eigenvalue weighted by atomic mass is 32.1. The van der Waals surface area contributed by atoms with E-state index in [0.29, 0.717) is 10.2 Å². The number of esters is 2. The molecule has 5 nitrogen and oxygen atoms in total. The Bertz CT molecular complexity index is 647. The summed E-state index contributed by atoms with van der Waals surface area (Å²) in [6, 6.07) is 3.59. The van der Waals surface area contributed by atoms with Crippen molar-refractivity contribution in [2.75, 3.05) is 6.61 Å². The van der Waals surface area contributed by atoms with Gasteiger partial charge in [-0.1, -0.05) is 0 Å². The molecule has 0 atom stereocenters. The third-order valence-electron chi connectivity index (χ3n) is 2.36. The van der Waals surface area contributed by atoms with Gasteiger partial charge in [0.15, 0.2) is 10.6 Å². The van der Waals surface area contributed by atoms with Gasteiger partial charge in [-0.25, -0.2) is 9.78 Å². The Morgan fingerprint density at radius 2 is 2.11 bits per heavy atom. The van der Waals surface area contributed by atoms with Crippen LogP contribution in [-0.2, 0) is 9.53 Å². The number of pyridine rings is 1. The molecule has 6 heteroatoms. The van der Waals surface area contributed by atoms with E-state index in [1.165, 1.54) is 18.3 Å². The molecule has 2 rings (SSSR count). The molecule has 0 N–H and O–H groups in total. The number of ether oxygens (including phenoxy) is 2. The maximum absolute atomic E-state index is 11.9. The quantitative estimate of drug-likeness (QED) is 0.808. The van der Waals surface area contributed by atoms with Crippen molar-refractivity contribution in [3.8, 4) is 5.75 Å². The Morgan fingerprint density at radius 3 is 2.74 bits per heavy atom. The zero-order valence-corrected chi connectivity index (χ0v) is 11.7. The zero-order chi connectivity index (χ0) is 14.0. The van der Waals surface area contributed by atoms with E-state index >= 15 is 0 Å². The summed E-state index contributed by atoms with van der Waals surface area (Å²) in [6.07, 6.45) is 0. The molecule has 0 aliphatic heterocycles. The van der Waals surface area contributed by atoms with Crippen molar-refractivity contribution >= 4 is 33.5 Å². The van der Waals surface area contributed by atoms with E-state index in [2.05, 4.69) is 4.98 Å². The van der Waals surface area contributed by atoms with Gasteiger partial charge < -0.3 is 9.47 Å². The number of fused-ring (bicyclic) bond motifs is 1. The molecule has 0 aliphatic carbocycles. The number of aromatic nitrogens is 1. The lowest BCUT2D eigenvalue weighted by Crippen LogP contribution is -2.07. The van der Waals surface area contributed by atoms with Crippen LogP contribution in [0.1, 0.15) is 29.2 Å². The first-order valence-electron chi connectivity index (χ1n) is 5.78. The predicted molar refractivity (Wildman–Crippen MR) is 71.6 cm³/mol. The van der Waals surface area contributed by atoms with E-state index in [1.54, 1.807) is 19.1 Å². The smallest absolute Gasteiger partial charge is 0.352 e. The van der Waals surface area contributed by atoms with Crippen LogP contribution in [-0.4, -0.2) is 23.5 Å². The second-order valence-electron chi connectivity index (χ2n) is 3.88. The van der Waals surface area contributed by atoms with E-state index in [0.717, 1.165) is 5.69 Å². The molecule has 0 unspecified atom stereocenters. The number of rotatable bonds is 3. The molecule has 2 aromatic heterocycles. The molecule has 0 aromatic carbocycles. The van der Waals surface area contributed by atoms with Crippen LogP contribution in [0.2, 0.25) is 0 Å². The number of carbonyl (C=O) groups excluding carboxylic acids is 2. The fraction of sp³-hybridized carbons (Fsp3) is 0.308. The summed E-state index contributed by atoms with van der Waals surface area (Å²) in [5.41, 5.74) is 0.832. The lowest BCUT2D eigenvalue weighted by molar-refractivity contribution is -0.131. The van der Waals surface area contributed by atoms with E-state index in [4.69, 9.17) is 9.47 Å². The minimum absolute atomic E-state index is 0.235. The highest BCUT2D eigenvalue weighted by Gasteiger charge is 2.23. The highest BCUT2D eigenvalue weighted by molar-refractivity contribution is 7.20. The lowest BCUT2D eigenvalue weighted by atomic mass is 10.2. The molecule has 2 heterocycles. The Hall–Kier alpha value is -1.95. The lowest BCUT2D eigenvalue weighted by Gasteiger charge is -2.03. The molecular weight excluding hydrogens is 266 g/mol. The van der Waals surface area contributed by atoms with Crippen molar-refractivity contribution in [1.29, 1.82) is 0 Å². The fourth-order valence-corrected chi connectivity index (χ4v) is 2.67. The van der Waals surface area contributed by atoms with Crippen LogP contribution in [0.25, 0.3) is 10.2 Å². The van der Waals surface area contributed by atoms with Gasteiger partial charge in [0.1, 0.15) is 4.83 Å². The normalized spacial score (nSPS) is 10.5. The molecule has 0 fully saturated rings. The van der Waals surface area contributed by atoms with Crippen molar-refractivity contribution in [3.05, 3.63) is 22.7 Å². The molecule has 0 saturated heterocycles. The first kappa shape index (κ1) is 13.5.